The van der Waals surface area contributed by atoms with Gasteiger partial charge in [-0.05, 0) is 18.6 Å². The van der Waals surface area contributed by atoms with Crippen LogP contribution in [-0.4, -0.2) is 19.3 Å². The zero-order valence-corrected chi connectivity index (χ0v) is 8.71. The molecule has 0 aromatic heterocycles. The van der Waals surface area contributed by atoms with E-state index in [9.17, 15) is 8.42 Å². The first-order valence-corrected chi connectivity index (χ1v) is 5.98. The van der Waals surface area contributed by atoms with E-state index in [4.69, 9.17) is 5.11 Å². The Morgan fingerprint density at radius 3 is 2.71 bits per heavy atom. The molecule has 4 nitrogen and oxygen atoms in total. The minimum Gasteiger partial charge on any atom is -0.508 e. The van der Waals surface area contributed by atoms with E-state index in [0.29, 0.717) is 12.1 Å². The second-order valence-corrected chi connectivity index (χ2v) is 4.81. The number of anilines is 1. The van der Waals surface area contributed by atoms with E-state index in [-0.39, 0.29) is 11.5 Å². The summed E-state index contributed by atoms with van der Waals surface area (Å²) in [5.74, 6) is 0.129. The molecule has 0 fully saturated rings. The first-order valence-electron chi connectivity index (χ1n) is 4.33. The van der Waals surface area contributed by atoms with Crippen molar-refractivity contribution in [1.82, 2.24) is 0 Å². The number of aromatic hydroxyl groups is 1. The maximum atomic E-state index is 11.3. The van der Waals surface area contributed by atoms with Crippen molar-refractivity contribution in [3.63, 3.8) is 0 Å². The third kappa shape index (κ3) is 3.26. The van der Waals surface area contributed by atoms with E-state index in [2.05, 4.69) is 4.72 Å². The van der Waals surface area contributed by atoms with Gasteiger partial charge in [0, 0.05) is 6.07 Å². The number of hydrogen-bond donors (Lipinski definition) is 2. The molecule has 0 amide bonds. The summed E-state index contributed by atoms with van der Waals surface area (Å²) in [4.78, 5) is 0. The van der Waals surface area contributed by atoms with E-state index < -0.39 is 10.0 Å². The van der Waals surface area contributed by atoms with Gasteiger partial charge in [0.2, 0.25) is 10.0 Å². The Balaban J connectivity index is 2.79. The molecule has 0 atom stereocenters. The van der Waals surface area contributed by atoms with Gasteiger partial charge in [0.15, 0.2) is 0 Å². The Hall–Kier alpha value is -1.23. The van der Waals surface area contributed by atoms with Crippen molar-refractivity contribution in [3.05, 3.63) is 24.3 Å². The Morgan fingerprint density at radius 2 is 2.14 bits per heavy atom. The van der Waals surface area contributed by atoms with Crippen LogP contribution in [0.3, 0.4) is 0 Å². The average Bonchev–Trinajstić information content (AvgIpc) is 2.02. The molecule has 14 heavy (non-hydrogen) atoms. The number of nitrogens with one attached hydrogen (secondary N) is 1. The molecule has 0 bridgehead atoms. The van der Waals surface area contributed by atoms with Crippen LogP contribution in [-0.2, 0) is 10.0 Å². The molecule has 5 heteroatoms. The van der Waals surface area contributed by atoms with E-state index >= 15 is 0 Å². The van der Waals surface area contributed by atoms with Crippen LogP contribution in [0, 0.1) is 0 Å². The predicted molar refractivity (Wildman–Crippen MR) is 55.8 cm³/mol. The molecule has 0 aliphatic carbocycles. The van der Waals surface area contributed by atoms with Crippen molar-refractivity contribution in [2.45, 2.75) is 13.3 Å². The highest BCUT2D eigenvalue weighted by atomic mass is 32.2. The van der Waals surface area contributed by atoms with Gasteiger partial charge in [0.1, 0.15) is 5.75 Å². The highest BCUT2D eigenvalue weighted by Gasteiger charge is 2.08. The fourth-order valence-electron chi connectivity index (χ4n) is 1.07. The Labute approximate surface area is 83.6 Å². The summed E-state index contributed by atoms with van der Waals surface area (Å²) in [6, 6.07) is 6.02. The third-order valence-corrected chi connectivity index (χ3v) is 3.08. The minimum atomic E-state index is -3.26. The first-order chi connectivity index (χ1) is 6.53. The van der Waals surface area contributed by atoms with E-state index in [0.717, 1.165) is 0 Å². The van der Waals surface area contributed by atoms with Gasteiger partial charge in [-0.2, -0.15) is 0 Å². The lowest BCUT2D eigenvalue weighted by atomic mass is 10.3. The molecule has 0 aliphatic rings. The molecule has 0 saturated carbocycles. The maximum absolute atomic E-state index is 11.3. The average molecular weight is 215 g/mol. The lowest BCUT2D eigenvalue weighted by molar-refractivity contribution is 0.475. The number of phenols is 1. The largest absolute Gasteiger partial charge is 0.508 e. The van der Waals surface area contributed by atoms with Crippen molar-refractivity contribution < 1.29 is 13.5 Å². The summed E-state index contributed by atoms with van der Waals surface area (Å²) in [6.07, 6.45) is 0.564. The zero-order chi connectivity index (χ0) is 10.6. The molecule has 0 heterocycles. The van der Waals surface area contributed by atoms with Crippen LogP contribution in [0.25, 0.3) is 0 Å². The molecule has 0 spiro atoms. The molecule has 0 aliphatic heterocycles. The number of phenolic OH excluding ortho intramolecular Hbond substituents is 1. The second kappa shape index (κ2) is 4.32. The fraction of sp³-hybridized carbons (Fsp3) is 0.333. The molecular formula is C9H13NO3S. The molecule has 1 aromatic carbocycles. The van der Waals surface area contributed by atoms with Crippen LogP contribution in [0.4, 0.5) is 5.69 Å². The van der Waals surface area contributed by atoms with Crippen molar-refractivity contribution in [2.75, 3.05) is 10.5 Å². The molecule has 1 rings (SSSR count). The maximum Gasteiger partial charge on any atom is 0.232 e. The smallest absolute Gasteiger partial charge is 0.232 e. The highest BCUT2D eigenvalue weighted by Crippen LogP contribution is 2.16. The second-order valence-electron chi connectivity index (χ2n) is 2.97. The predicted octanol–water partition coefficient (Wildman–Crippen LogP) is 1.54. The van der Waals surface area contributed by atoms with Crippen LogP contribution in [0.5, 0.6) is 5.75 Å². The van der Waals surface area contributed by atoms with Crippen LogP contribution in [0.1, 0.15) is 13.3 Å². The summed E-state index contributed by atoms with van der Waals surface area (Å²) in [5.41, 5.74) is 0.387. The minimum absolute atomic E-state index is 0.0432. The van der Waals surface area contributed by atoms with Crippen molar-refractivity contribution >= 4 is 15.7 Å². The summed E-state index contributed by atoms with van der Waals surface area (Å²) in [6.45, 7) is 1.79. The number of hydrogen-bond acceptors (Lipinski definition) is 3. The summed E-state index contributed by atoms with van der Waals surface area (Å²) in [5, 5.41) is 9.10. The van der Waals surface area contributed by atoms with Gasteiger partial charge in [-0.15, -0.1) is 0 Å². The van der Waals surface area contributed by atoms with Gasteiger partial charge in [0.25, 0.3) is 0 Å². The molecule has 2 N–H and O–H groups in total. The van der Waals surface area contributed by atoms with Crippen LogP contribution < -0.4 is 4.72 Å². The van der Waals surface area contributed by atoms with Gasteiger partial charge in [-0.3, -0.25) is 4.72 Å². The summed E-state index contributed by atoms with van der Waals surface area (Å²) in [7, 11) is -3.26. The van der Waals surface area contributed by atoms with Crippen LogP contribution in [0.15, 0.2) is 24.3 Å². The quantitative estimate of drug-likeness (QED) is 0.800. The molecule has 0 saturated heterocycles. The molecule has 78 valence electrons. The van der Waals surface area contributed by atoms with E-state index in [1.165, 1.54) is 12.1 Å². The summed E-state index contributed by atoms with van der Waals surface area (Å²) < 4.78 is 25.0. The van der Waals surface area contributed by atoms with Gasteiger partial charge < -0.3 is 5.11 Å². The number of benzene rings is 1. The Bertz CT molecular complexity index is 400. The number of sulfonamides is 1. The van der Waals surface area contributed by atoms with Crippen molar-refractivity contribution in [1.29, 1.82) is 0 Å². The molecule has 0 unspecified atom stereocenters. The van der Waals surface area contributed by atoms with Crippen LogP contribution >= 0.6 is 0 Å². The SMILES string of the molecule is CCCS(=O)(=O)Nc1cccc(O)c1. The summed E-state index contributed by atoms with van der Waals surface area (Å²) >= 11 is 0. The van der Waals surface area contributed by atoms with Crippen molar-refractivity contribution in [2.24, 2.45) is 0 Å². The first kappa shape index (κ1) is 10.8. The molecule has 0 radical (unpaired) electrons. The standard InChI is InChI=1S/C9H13NO3S/c1-2-6-14(12,13)10-8-4-3-5-9(11)7-8/h3-5,7,10-11H,2,6H2,1H3. The normalized spacial score (nSPS) is 11.2. The van der Waals surface area contributed by atoms with Gasteiger partial charge in [-0.1, -0.05) is 13.0 Å². The Morgan fingerprint density at radius 1 is 1.43 bits per heavy atom. The van der Waals surface area contributed by atoms with Crippen molar-refractivity contribution in [3.8, 4) is 5.75 Å². The Kier molecular flexibility index (Phi) is 3.35. The fourth-order valence-corrected chi connectivity index (χ4v) is 2.19. The highest BCUT2D eigenvalue weighted by molar-refractivity contribution is 7.92. The monoisotopic (exact) mass is 215 g/mol. The number of rotatable bonds is 4. The lowest BCUT2D eigenvalue weighted by Gasteiger charge is -2.06. The topological polar surface area (TPSA) is 66.4 Å². The lowest BCUT2D eigenvalue weighted by Crippen LogP contribution is -2.15. The van der Waals surface area contributed by atoms with Gasteiger partial charge in [0.05, 0.1) is 11.4 Å². The van der Waals surface area contributed by atoms with Gasteiger partial charge >= 0.3 is 0 Å². The third-order valence-electron chi connectivity index (χ3n) is 1.59. The molecule has 1 aromatic rings. The zero-order valence-electron chi connectivity index (χ0n) is 7.90. The van der Waals surface area contributed by atoms with E-state index in [1.807, 2.05) is 0 Å². The van der Waals surface area contributed by atoms with E-state index in [1.54, 1.807) is 19.1 Å². The molecular weight excluding hydrogens is 202 g/mol. The van der Waals surface area contributed by atoms with Crippen LogP contribution in [0.2, 0.25) is 0 Å². The van der Waals surface area contributed by atoms with Gasteiger partial charge in [-0.25, -0.2) is 8.42 Å².